The minimum absolute atomic E-state index is 1.24. The second-order valence-electron chi connectivity index (χ2n) is 1.46. The van der Waals surface area contributed by atoms with Crippen LogP contribution in [0.15, 0.2) is 0 Å². The zero-order chi connectivity index (χ0) is 8.91. The normalized spacial score (nSPS) is 12.5. The van der Waals surface area contributed by atoms with Gasteiger partial charge in [0.2, 0.25) is 0 Å². The Labute approximate surface area is 65.6 Å². The van der Waals surface area contributed by atoms with Crippen molar-refractivity contribution in [1.29, 1.82) is 0 Å². The smallest absolute Gasteiger partial charge is 0.328 e. The van der Waals surface area contributed by atoms with Gasteiger partial charge in [-0.15, -0.1) is 0 Å². The number of ether oxygens (including phenoxy) is 3. The van der Waals surface area contributed by atoms with Gasteiger partial charge in [-0.25, -0.2) is 4.52 Å². The fourth-order valence-electron chi connectivity index (χ4n) is 0.462. The van der Waals surface area contributed by atoms with E-state index in [1.54, 1.807) is 0 Å². The van der Waals surface area contributed by atoms with Crippen LogP contribution in [0.2, 0.25) is 0 Å². The third-order valence-electron chi connectivity index (χ3n) is 0.943. The molecule has 0 amide bonds. The summed E-state index contributed by atoms with van der Waals surface area (Å²) < 4.78 is 18.1. The Morgan fingerprint density at radius 1 is 1.00 bits per heavy atom. The van der Waals surface area contributed by atoms with Gasteiger partial charge in [-0.3, -0.25) is 0 Å². The van der Waals surface area contributed by atoms with Crippen LogP contribution in [0.25, 0.3) is 0 Å². The van der Waals surface area contributed by atoms with Crippen LogP contribution in [0.3, 0.4) is 0 Å². The lowest BCUT2D eigenvalue weighted by Crippen LogP contribution is -2.37. The molecule has 0 spiro atoms. The van der Waals surface area contributed by atoms with Crippen molar-refractivity contribution in [2.24, 2.45) is 0 Å². The molecule has 0 aliphatic rings. The van der Waals surface area contributed by atoms with E-state index in [9.17, 15) is 0 Å². The van der Waals surface area contributed by atoms with Crippen molar-refractivity contribution in [2.45, 2.75) is 6.16 Å². The van der Waals surface area contributed by atoms with Crippen molar-refractivity contribution in [2.75, 3.05) is 21.3 Å². The van der Waals surface area contributed by atoms with Crippen molar-refractivity contribution in [3.05, 3.63) is 0 Å². The summed E-state index contributed by atoms with van der Waals surface area (Å²) >= 11 is 0. The Morgan fingerprint density at radius 3 is 1.45 bits per heavy atom. The molecule has 0 fully saturated rings. The van der Waals surface area contributed by atoms with E-state index in [1.807, 2.05) is 0 Å². The van der Waals surface area contributed by atoms with Gasteiger partial charge in [-0.05, 0) is 0 Å². The van der Waals surface area contributed by atoms with Crippen LogP contribution in [-0.4, -0.2) is 37.3 Å². The first-order chi connectivity index (χ1) is 5.10. The lowest BCUT2D eigenvalue weighted by Gasteiger charge is -2.26. The molecule has 0 aromatic heterocycles. The zero-order valence-electron chi connectivity index (χ0n) is 6.47. The minimum atomic E-state index is -2.58. The summed E-state index contributed by atoms with van der Waals surface area (Å²) in [6, 6.07) is 0. The molecular formula is C4H11O6P. The Bertz CT molecular complexity index is 94.5. The Kier molecular flexibility index (Phi) is 5.03. The van der Waals surface area contributed by atoms with Gasteiger partial charge in [-0.1, -0.05) is 0 Å². The van der Waals surface area contributed by atoms with Crippen LogP contribution in [-0.2, 0) is 18.7 Å². The first kappa shape index (κ1) is 11.2. The summed E-state index contributed by atoms with van der Waals surface area (Å²) in [6.07, 6.45) is -1.82. The van der Waals surface area contributed by atoms with E-state index in [1.165, 1.54) is 21.3 Å². The molecule has 7 heteroatoms. The van der Waals surface area contributed by atoms with E-state index in [2.05, 4.69) is 18.7 Å². The van der Waals surface area contributed by atoms with E-state index >= 15 is 0 Å². The monoisotopic (exact) mass is 186 g/mol. The Morgan fingerprint density at radius 2 is 1.36 bits per heavy atom. The van der Waals surface area contributed by atoms with E-state index in [0.717, 1.165) is 0 Å². The van der Waals surface area contributed by atoms with Gasteiger partial charge < -0.3 is 24.0 Å². The topological polar surface area (TPSA) is 77.4 Å². The van der Waals surface area contributed by atoms with Gasteiger partial charge in [-0.2, -0.15) is 0 Å². The zero-order valence-corrected chi connectivity index (χ0v) is 7.37. The highest BCUT2D eigenvalue weighted by Gasteiger charge is 2.34. The third kappa shape index (κ3) is 3.39. The van der Waals surface area contributed by atoms with Crippen LogP contribution in [0.1, 0.15) is 0 Å². The van der Waals surface area contributed by atoms with E-state index in [0.29, 0.717) is 0 Å². The predicted octanol–water partition coefficient (Wildman–Crippen LogP) is -0.235. The quantitative estimate of drug-likeness (QED) is 0.456. The maximum Gasteiger partial charge on any atom is 0.418 e. The number of hydrogen-bond acceptors (Lipinski definition) is 6. The maximum absolute atomic E-state index is 8.44. The van der Waals surface area contributed by atoms with Crippen molar-refractivity contribution >= 4 is 8.60 Å². The molecule has 0 bridgehead atoms. The molecule has 0 radical (unpaired) electrons. The maximum atomic E-state index is 8.44. The average Bonchev–Trinajstić information content (AvgIpc) is 2.00. The highest BCUT2D eigenvalue weighted by molar-refractivity contribution is 7.39. The van der Waals surface area contributed by atoms with Crippen molar-refractivity contribution in [1.82, 2.24) is 0 Å². The van der Waals surface area contributed by atoms with Crippen LogP contribution in [0, 0.1) is 0 Å². The SMILES string of the molecule is COC(OC)(OC)OP(O)O. The first-order valence-electron chi connectivity index (χ1n) is 2.62. The van der Waals surface area contributed by atoms with Crippen LogP contribution in [0.5, 0.6) is 0 Å². The molecule has 0 aliphatic carbocycles. The van der Waals surface area contributed by atoms with E-state index in [4.69, 9.17) is 9.79 Å². The van der Waals surface area contributed by atoms with Gasteiger partial charge in [0, 0.05) is 21.3 Å². The molecule has 0 aliphatic heterocycles. The Balaban J connectivity index is 4.05. The molecule has 68 valence electrons. The molecule has 0 rings (SSSR count). The summed E-state index contributed by atoms with van der Waals surface area (Å²) in [7, 11) is 1.14. The van der Waals surface area contributed by atoms with Gasteiger partial charge in [0.05, 0.1) is 0 Å². The number of rotatable bonds is 5. The second-order valence-corrected chi connectivity index (χ2v) is 2.14. The molecule has 0 aromatic carbocycles. The fraction of sp³-hybridized carbons (Fsp3) is 1.00. The molecule has 0 unspecified atom stereocenters. The largest absolute Gasteiger partial charge is 0.418 e. The summed E-state index contributed by atoms with van der Waals surface area (Å²) in [5.74, 6) is 0. The second kappa shape index (κ2) is 4.95. The van der Waals surface area contributed by atoms with Crippen molar-refractivity contribution in [3.63, 3.8) is 0 Å². The standard InChI is InChI=1S/C4H11O6P/c1-7-4(8-2,9-3)10-11(5)6/h5-6H,1-3H3. The third-order valence-corrected chi connectivity index (χ3v) is 1.33. The lowest BCUT2D eigenvalue weighted by atomic mass is 11.0. The fourth-order valence-corrected chi connectivity index (χ4v) is 0.885. The highest BCUT2D eigenvalue weighted by atomic mass is 31.2. The summed E-state index contributed by atoms with van der Waals surface area (Å²) in [4.78, 5) is 16.9. The van der Waals surface area contributed by atoms with Crippen LogP contribution >= 0.6 is 8.60 Å². The molecule has 0 heterocycles. The van der Waals surface area contributed by atoms with Gasteiger partial charge in [0.1, 0.15) is 0 Å². The van der Waals surface area contributed by atoms with Crippen LogP contribution in [0.4, 0.5) is 0 Å². The summed E-state index contributed by atoms with van der Waals surface area (Å²) in [6.45, 7) is 0. The Hall–Kier alpha value is 0.190. The molecular weight excluding hydrogens is 175 g/mol. The first-order valence-corrected chi connectivity index (χ1v) is 3.79. The molecule has 0 saturated heterocycles. The van der Waals surface area contributed by atoms with Gasteiger partial charge in [0.25, 0.3) is 0 Å². The van der Waals surface area contributed by atoms with Crippen molar-refractivity contribution < 1.29 is 28.5 Å². The molecule has 0 saturated carbocycles. The summed E-state index contributed by atoms with van der Waals surface area (Å²) in [5, 5.41) is 0. The molecule has 6 nitrogen and oxygen atoms in total. The van der Waals surface area contributed by atoms with Crippen molar-refractivity contribution in [3.8, 4) is 0 Å². The highest BCUT2D eigenvalue weighted by Crippen LogP contribution is 2.33. The number of hydrogen-bond donors (Lipinski definition) is 2. The number of methoxy groups -OCH3 is 3. The van der Waals surface area contributed by atoms with Gasteiger partial charge in [0.15, 0.2) is 0 Å². The molecule has 2 N–H and O–H groups in total. The predicted molar refractivity (Wildman–Crippen MR) is 36.2 cm³/mol. The minimum Gasteiger partial charge on any atom is -0.328 e. The molecule has 0 atom stereocenters. The molecule has 0 aromatic rings. The summed E-state index contributed by atoms with van der Waals surface area (Å²) in [5.41, 5.74) is 0. The van der Waals surface area contributed by atoms with E-state index in [-0.39, 0.29) is 0 Å². The van der Waals surface area contributed by atoms with Crippen LogP contribution < -0.4 is 0 Å². The average molecular weight is 186 g/mol. The van der Waals surface area contributed by atoms with Gasteiger partial charge >= 0.3 is 14.8 Å². The molecule has 11 heavy (non-hydrogen) atoms. The lowest BCUT2D eigenvalue weighted by molar-refractivity contribution is -0.450. The van der Waals surface area contributed by atoms with E-state index < -0.39 is 14.8 Å².